The van der Waals surface area contributed by atoms with E-state index in [1.807, 2.05) is 31.3 Å². The fraction of sp³-hybridized carbons (Fsp3) is 0.462. The largest absolute Gasteiger partial charge is 0.325 e. The Labute approximate surface area is 128 Å². The number of amides is 1. The molecule has 0 radical (unpaired) electrons. The second-order valence-electron chi connectivity index (χ2n) is 4.62. The molecule has 1 fully saturated rings. The lowest BCUT2D eigenvalue weighted by Crippen LogP contribution is -2.39. The maximum Gasteiger partial charge on any atom is 0.238 e. The summed E-state index contributed by atoms with van der Waals surface area (Å²) in [6, 6.07) is 8.08. The highest BCUT2D eigenvalue weighted by Gasteiger charge is 2.20. The van der Waals surface area contributed by atoms with Crippen molar-refractivity contribution in [2.45, 2.75) is 12.5 Å². The molecule has 1 aliphatic rings. The Bertz CT molecular complexity index is 407. The molecule has 0 saturated carbocycles. The number of carbonyl (C=O) groups excluding carboxylic acids is 1. The number of hydrogen-bond donors (Lipinski definition) is 2. The predicted octanol–water partition coefficient (Wildman–Crippen LogP) is 2.10. The molecule has 106 valence electrons. The lowest BCUT2D eigenvalue weighted by molar-refractivity contribution is -0.117. The van der Waals surface area contributed by atoms with Crippen LogP contribution in [0.25, 0.3) is 0 Å². The average molecular weight is 349 g/mol. The van der Waals surface area contributed by atoms with Crippen molar-refractivity contribution in [1.82, 2.24) is 10.2 Å². The molecule has 1 aliphatic heterocycles. The van der Waals surface area contributed by atoms with Gasteiger partial charge in [-0.05, 0) is 44.3 Å². The monoisotopic (exact) mass is 347 g/mol. The highest BCUT2D eigenvalue weighted by atomic mass is 79.9. The molecule has 2 rings (SSSR count). The van der Waals surface area contributed by atoms with E-state index in [1.54, 1.807) is 0 Å². The van der Waals surface area contributed by atoms with Crippen molar-refractivity contribution >= 4 is 39.9 Å². The van der Waals surface area contributed by atoms with E-state index in [0.29, 0.717) is 12.6 Å². The highest BCUT2D eigenvalue weighted by molar-refractivity contribution is 9.10. The van der Waals surface area contributed by atoms with Gasteiger partial charge in [-0.25, -0.2) is 0 Å². The van der Waals surface area contributed by atoms with Gasteiger partial charge in [0.2, 0.25) is 5.91 Å². The molecule has 0 aromatic heterocycles. The van der Waals surface area contributed by atoms with Gasteiger partial charge in [-0.3, -0.25) is 9.69 Å². The maximum atomic E-state index is 11.9. The normalized spacial score (nSPS) is 18.2. The standard InChI is InChI=1S/C13H18BrN3O.ClH/c1-17(12-6-7-15-8-12)9-13(18)16-11-4-2-10(14)3-5-11;/h2-5,12,15H,6-9H2,1H3,(H,16,18);1H. The highest BCUT2D eigenvalue weighted by Crippen LogP contribution is 2.14. The van der Waals surface area contributed by atoms with E-state index in [4.69, 9.17) is 0 Å². The van der Waals surface area contributed by atoms with Gasteiger partial charge < -0.3 is 10.6 Å². The van der Waals surface area contributed by atoms with Gasteiger partial charge in [-0.1, -0.05) is 15.9 Å². The number of hydrogen-bond acceptors (Lipinski definition) is 3. The van der Waals surface area contributed by atoms with Gasteiger partial charge in [0, 0.05) is 22.7 Å². The second kappa shape index (κ2) is 7.85. The Morgan fingerprint density at radius 1 is 1.47 bits per heavy atom. The van der Waals surface area contributed by atoms with E-state index < -0.39 is 0 Å². The van der Waals surface area contributed by atoms with Crippen LogP contribution in [-0.2, 0) is 4.79 Å². The van der Waals surface area contributed by atoms with Crippen LogP contribution in [0.15, 0.2) is 28.7 Å². The minimum absolute atomic E-state index is 0. The molecule has 6 heteroatoms. The summed E-state index contributed by atoms with van der Waals surface area (Å²) in [5.74, 6) is 0.0340. The lowest BCUT2D eigenvalue weighted by Gasteiger charge is -2.22. The number of carbonyl (C=O) groups is 1. The summed E-state index contributed by atoms with van der Waals surface area (Å²) in [7, 11) is 2.00. The summed E-state index contributed by atoms with van der Waals surface area (Å²) in [5, 5.41) is 6.21. The lowest BCUT2D eigenvalue weighted by atomic mass is 10.2. The molecule has 1 heterocycles. The molecule has 0 bridgehead atoms. The van der Waals surface area contributed by atoms with E-state index in [2.05, 4.69) is 31.5 Å². The van der Waals surface area contributed by atoms with Gasteiger partial charge in [-0.2, -0.15) is 0 Å². The van der Waals surface area contributed by atoms with Crippen molar-refractivity contribution in [3.63, 3.8) is 0 Å². The molecule has 1 atom stereocenters. The summed E-state index contributed by atoms with van der Waals surface area (Å²) in [5.41, 5.74) is 0.834. The van der Waals surface area contributed by atoms with E-state index in [0.717, 1.165) is 29.7 Å². The first kappa shape index (κ1) is 16.4. The van der Waals surface area contributed by atoms with Crippen molar-refractivity contribution in [2.75, 3.05) is 32.0 Å². The molecule has 1 amide bonds. The molecular weight excluding hydrogens is 330 g/mol. The number of anilines is 1. The first-order valence-corrected chi connectivity index (χ1v) is 6.91. The zero-order chi connectivity index (χ0) is 13.0. The zero-order valence-electron chi connectivity index (χ0n) is 10.9. The smallest absolute Gasteiger partial charge is 0.238 e. The number of nitrogens with zero attached hydrogens (tertiary/aromatic N) is 1. The number of nitrogens with one attached hydrogen (secondary N) is 2. The van der Waals surface area contributed by atoms with Crippen LogP contribution in [0.1, 0.15) is 6.42 Å². The third-order valence-corrected chi connectivity index (χ3v) is 3.71. The van der Waals surface area contributed by atoms with Gasteiger partial charge in [0.05, 0.1) is 6.54 Å². The SMILES string of the molecule is CN(CC(=O)Nc1ccc(Br)cc1)C1CCNC1.Cl. The fourth-order valence-electron chi connectivity index (χ4n) is 2.10. The van der Waals surface area contributed by atoms with Gasteiger partial charge >= 0.3 is 0 Å². The summed E-state index contributed by atoms with van der Waals surface area (Å²) in [6.07, 6.45) is 1.11. The molecule has 1 unspecified atom stereocenters. The first-order chi connectivity index (χ1) is 8.65. The summed E-state index contributed by atoms with van der Waals surface area (Å²) in [6.45, 7) is 2.45. The zero-order valence-corrected chi connectivity index (χ0v) is 13.3. The minimum Gasteiger partial charge on any atom is -0.325 e. The second-order valence-corrected chi connectivity index (χ2v) is 5.53. The van der Waals surface area contributed by atoms with Gasteiger partial charge in [-0.15, -0.1) is 12.4 Å². The molecule has 1 saturated heterocycles. The van der Waals surface area contributed by atoms with Gasteiger partial charge in [0.25, 0.3) is 0 Å². The van der Waals surface area contributed by atoms with Crippen LogP contribution >= 0.6 is 28.3 Å². The van der Waals surface area contributed by atoms with E-state index >= 15 is 0 Å². The third-order valence-electron chi connectivity index (χ3n) is 3.18. The Morgan fingerprint density at radius 2 is 2.16 bits per heavy atom. The number of rotatable bonds is 4. The van der Waals surface area contributed by atoms with Crippen LogP contribution < -0.4 is 10.6 Å². The van der Waals surface area contributed by atoms with Gasteiger partial charge in [0.15, 0.2) is 0 Å². The van der Waals surface area contributed by atoms with Crippen LogP contribution in [0, 0.1) is 0 Å². The molecule has 0 spiro atoms. The van der Waals surface area contributed by atoms with E-state index in [9.17, 15) is 4.79 Å². The van der Waals surface area contributed by atoms with E-state index in [-0.39, 0.29) is 18.3 Å². The van der Waals surface area contributed by atoms with Crippen molar-refractivity contribution < 1.29 is 4.79 Å². The maximum absolute atomic E-state index is 11.9. The Kier molecular flexibility index (Phi) is 6.79. The average Bonchev–Trinajstić information content (AvgIpc) is 2.85. The Hall–Kier alpha value is -0.620. The topological polar surface area (TPSA) is 44.4 Å². The van der Waals surface area contributed by atoms with E-state index in [1.165, 1.54) is 0 Å². The van der Waals surface area contributed by atoms with Crippen molar-refractivity contribution in [3.05, 3.63) is 28.7 Å². The fourth-order valence-corrected chi connectivity index (χ4v) is 2.37. The van der Waals surface area contributed by atoms with Crippen LogP contribution in [-0.4, -0.2) is 43.5 Å². The molecular formula is C13H19BrClN3O. The van der Waals surface area contributed by atoms with Crippen LogP contribution in [0.4, 0.5) is 5.69 Å². The first-order valence-electron chi connectivity index (χ1n) is 6.11. The quantitative estimate of drug-likeness (QED) is 0.876. The third kappa shape index (κ3) is 5.10. The van der Waals surface area contributed by atoms with Crippen LogP contribution in [0.5, 0.6) is 0 Å². The van der Waals surface area contributed by atoms with Gasteiger partial charge in [0.1, 0.15) is 0 Å². The minimum atomic E-state index is 0. The molecule has 19 heavy (non-hydrogen) atoms. The predicted molar refractivity (Wildman–Crippen MR) is 83.9 cm³/mol. The number of halogens is 2. The molecule has 1 aromatic carbocycles. The van der Waals surface area contributed by atoms with Crippen molar-refractivity contribution in [1.29, 1.82) is 0 Å². The van der Waals surface area contributed by atoms with Crippen molar-refractivity contribution in [3.8, 4) is 0 Å². The number of benzene rings is 1. The molecule has 1 aromatic rings. The summed E-state index contributed by atoms with van der Waals surface area (Å²) < 4.78 is 1.01. The van der Waals surface area contributed by atoms with Crippen molar-refractivity contribution in [2.24, 2.45) is 0 Å². The Balaban J connectivity index is 0.00000180. The Morgan fingerprint density at radius 3 is 2.74 bits per heavy atom. The summed E-state index contributed by atoms with van der Waals surface area (Å²) in [4.78, 5) is 14.0. The summed E-state index contributed by atoms with van der Waals surface area (Å²) >= 11 is 3.37. The van der Waals surface area contributed by atoms with Crippen LogP contribution in [0.2, 0.25) is 0 Å². The molecule has 2 N–H and O–H groups in total. The molecule has 4 nitrogen and oxygen atoms in total. The molecule has 0 aliphatic carbocycles. The van der Waals surface area contributed by atoms with Crippen LogP contribution in [0.3, 0.4) is 0 Å². The number of likely N-dealkylation sites (N-methyl/N-ethyl adjacent to an activating group) is 1.